The van der Waals surface area contributed by atoms with Gasteiger partial charge in [-0.1, -0.05) is 116 Å². The van der Waals surface area contributed by atoms with E-state index in [1.165, 1.54) is 109 Å². The summed E-state index contributed by atoms with van der Waals surface area (Å²) >= 11 is 0. The second-order valence-electron chi connectivity index (χ2n) is 15.9. The van der Waals surface area contributed by atoms with E-state index in [2.05, 4.69) is 32.8 Å². The van der Waals surface area contributed by atoms with E-state index in [1.807, 2.05) is 0 Å². The average Bonchev–Trinajstić information content (AvgIpc) is 3.69. The van der Waals surface area contributed by atoms with Gasteiger partial charge in [-0.3, -0.25) is 24.0 Å². The minimum atomic E-state index is -1.28. The molecule has 0 fully saturated rings. The number of ether oxygens (including phenoxy) is 2. The number of aromatic nitrogens is 2. The quantitative estimate of drug-likeness (QED) is 0.0493. The lowest BCUT2D eigenvalue weighted by Gasteiger charge is -2.27. The lowest BCUT2D eigenvalue weighted by Crippen LogP contribution is -2.54. The van der Waals surface area contributed by atoms with Crippen molar-refractivity contribution >= 4 is 29.4 Å². The molecule has 1 heterocycles. The molecule has 0 saturated heterocycles. The number of nitrogens with two attached hydrogens (primary N) is 1. The van der Waals surface area contributed by atoms with Crippen LogP contribution >= 0.6 is 0 Å². The van der Waals surface area contributed by atoms with Crippen LogP contribution in [0.3, 0.4) is 0 Å². The van der Waals surface area contributed by atoms with Gasteiger partial charge in [-0.15, -0.1) is 0 Å². The number of carbonyl (C=O) groups excluding carboxylic acids is 5. The summed E-state index contributed by atoms with van der Waals surface area (Å²) < 4.78 is 10.9. The Morgan fingerprint density at radius 1 is 0.754 bits per heavy atom. The summed E-state index contributed by atoms with van der Waals surface area (Å²) in [6.45, 7) is 7.00. The van der Waals surface area contributed by atoms with Crippen LogP contribution in [0.5, 0.6) is 0 Å². The van der Waals surface area contributed by atoms with Crippen molar-refractivity contribution in [2.45, 2.75) is 180 Å². The van der Waals surface area contributed by atoms with Gasteiger partial charge in [-0.05, 0) is 33.1 Å². The molecule has 1 radical (unpaired) electrons. The molecule has 4 amide bonds. The molecule has 327 valence electrons. The number of ketones is 1. The van der Waals surface area contributed by atoms with Crippen molar-refractivity contribution in [3.63, 3.8) is 0 Å². The molecule has 0 aliphatic heterocycles. The molecule has 57 heavy (non-hydrogen) atoms. The maximum atomic E-state index is 13.0. The molecule has 2 atom stereocenters. The van der Waals surface area contributed by atoms with E-state index in [9.17, 15) is 24.0 Å². The van der Waals surface area contributed by atoms with Gasteiger partial charge >= 0.3 is 0 Å². The summed E-state index contributed by atoms with van der Waals surface area (Å²) in [5, 5.41) is 8.27. The molecular weight excluding hydrogens is 727 g/mol. The first kappa shape index (κ1) is 51.7. The van der Waals surface area contributed by atoms with Gasteiger partial charge in [0.15, 0.2) is 5.78 Å². The largest absolute Gasteiger partial charge is 0.377 e. The van der Waals surface area contributed by atoms with Crippen LogP contribution in [0.25, 0.3) is 0 Å². The second-order valence-corrected chi connectivity index (χ2v) is 15.9. The maximum absolute atomic E-state index is 13.0. The zero-order valence-corrected chi connectivity index (χ0v) is 35.7. The van der Waals surface area contributed by atoms with Crippen LogP contribution in [0.4, 0.5) is 0 Å². The van der Waals surface area contributed by atoms with E-state index in [0.717, 1.165) is 12.8 Å². The zero-order chi connectivity index (χ0) is 42.0. The smallest absolute Gasteiger partial charge is 0.245 e. The number of H-pyrrole nitrogens is 1. The molecule has 0 aliphatic carbocycles. The third-order valence-electron chi connectivity index (χ3n) is 10.2. The van der Waals surface area contributed by atoms with Crippen molar-refractivity contribution < 1.29 is 33.4 Å². The minimum Gasteiger partial charge on any atom is -0.377 e. The minimum absolute atomic E-state index is 0.0531. The Hall–Kier alpha value is -3.36. The average molecular weight is 805 g/mol. The summed E-state index contributed by atoms with van der Waals surface area (Å²) in [7, 11) is 0. The van der Waals surface area contributed by atoms with E-state index in [-0.39, 0.29) is 43.7 Å². The highest BCUT2D eigenvalue weighted by molar-refractivity contribution is 5.95. The molecule has 7 N–H and O–H groups in total. The molecule has 1 aromatic heterocycles. The van der Waals surface area contributed by atoms with E-state index < -0.39 is 29.3 Å². The number of Topliss-reactive ketones (excluding diaryl/α,β-unsaturated/α-hetero) is 1. The SMILES string of the molecule is CCCCCCCCCCCCCCCCCCCC(=O)NCCOCCOCC(=O)NCCCCC(CC(=O)C(C)(C)NC(=O)[C@@H]([NH])Cc1cnc[nH]1)C(N)=O. The summed E-state index contributed by atoms with van der Waals surface area (Å²) in [6, 6.07) is -1.13. The first-order valence-electron chi connectivity index (χ1n) is 22.0. The first-order valence-corrected chi connectivity index (χ1v) is 22.0. The fourth-order valence-electron chi connectivity index (χ4n) is 6.54. The van der Waals surface area contributed by atoms with Crippen LogP contribution in [0.2, 0.25) is 0 Å². The fraction of sp³-hybridized carbons (Fsp3) is 0.814. The molecule has 0 bridgehead atoms. The number of aromatic amines is 1. The van der Waals surface area contributed by atoms with Gasteiger partial charge in [-0.2, -0.15) is 0 Å². The second kappa shape index (κ2) is 33.6. The number of nitrogens with one attached hydrogen (secondary N) is 5. The number of unbranched alkanes of at least 4 members (excludes halogenated alkanes) is 17. The van der Waals surface area contributed by atoms with Gasteiger partial charge in [0.25, 0.3) is 0 Å². The van der Waals surface area contributed by atoms with E-state index in [1.54, 1.807) is 13.8 Å². The summed E-state index contributed by atoms with van der Waals surface area (Å²) in [5.41, 5.74) is 13.0. The van der Waals surface area contributed by atoms with Gasteiger partial charge in [0.05, 0.1) is 31.7 Å². The molecular formula is C43H78N7O7. The molecule has 1 unspecified atom stereocenters. The number of amides is 4. The Morgan fingerprint density at radius 2 is 1.32 bits per heavy atom. The third-order valence-corrected chi connectivity index (χ3v) is 10.2. The molecule has 0 aromatic carbocycles. The van der Waals surface area contributed by atoms with E-state index in [4.69, 9.17) is 20.9 Å². The number of imidazole rings is 1. The van der Waals surface area contributed by atoms with Crippen LogP contribution in [-0.4, -0.2) is 90.5 Å². The number of hydrogen-bond acceptors (Lipinski definition) is 8. The van der Waals surface area contributed by atoms with Gasteiger partial charge in [0.2, 0.25) is 23.6 Å². The number of nitrogens with zero attached hydrogens (tertiary/aromatic N) is 1. The molecule has 1 aromatic rings. The van der Waals surface area contributed by atoms with Crippen molar-refractivity contribution in [3.8, 4) is 0 Å². The van der Waals surface area contributed by atoms with Gasteiger partial charge in [-0.25, -0.2) is 10.7 Å². The lowest BCUT2D eigenvalue weighted by atomic mass is 9.87. The van der Waals surface area contributed by atoms with E-state index in [0.29, 0.717) is 57.7 Å². The fourth-order valence-corrected chi connectivity index (χ4v) is 6.54. The predicted octanol–water partition coefficient (Wildman–Crippen LogP) is 6.04. The van der Waals surface area contributed by atoms with Crippen molar-refractivity contribution in [1.29, 1.82) is 0 Å². The van der Waals surface area contributed by atoms with Crippen LogP contribution in [0.1, 0.15) is 168 Å². The third kappa shape index (κ3) is 28.7. The standard InChI is InChI=1S/C43H78N7O7/c1-4-5-6-7-8-9-10-11-12-13-14-15-16-17-18-19-20-24-39(52)48-26-27-56-28-29-57-33-40(53)47-25-22-21-23-35(41(45)54)30-38(51)43(2,3)50-42(55)37(44)31-36-32-46-34-49-36/h32,34-35,37,44H,4-31,33H2,1-3H3,(H2,45,54)(H,46,49)(H,47,53)(H,48,52)(H,50,55)/t35?,37-/m0/s1. The van der Waals surface area contributed by atoms with Gasteiger partial charge in [0.1, 0.15) is 12.6 Å². The molecule has 1 rings (SSSR count). The van der Waals surface area contributed by atoms with Crippen LogP contribution in [0.15, 0.2) is 12.5 Å². The number of hydrogen-bond donors (Lipinski definition) is 5. The predicted molar refractivity (Wildman–Crippen MR) is 224 cm³/mol. The Bertz CT molecular complexity index is 1210. The van der Waals surface area contributed by atoms with Crippen LogP contribution < -0.4 is 27.4 Å². The monoisotopic (exact) mass is 805 g/mol. The molecule has 0 saturated carbocycles. The number of carbonyl (C=O) groups is 5. The van der Waals surface area contributed by atoms with Crippen molar-refractivity contribution in [3.05, 3.63) is 18.2 Å². The van der Waals surface area contributed by atoms with Crippen LogP contribution in [-0.2, 0) is 39.9 Å². The summed E-state index contributed by atoms with van der Waals surface area (Å²) in [4.78, 5) is 68.5. The number of primary amides is 1. The molecule has 0 aliphatic rings. The molecule has 0 spiro atoms. The van der Waals surface area contributed by atoms with Gasteiger partial charge in [0, 0.05) is 50.2 Å². The van der Waals surface area contributed by atoms with Crippen molar-refractivity contribution in [2.24, 2.45) is 11.7 Å². The topological polar surface area (TPSA) is 218 Å². The highest BCUT2D eigenvalue weighted by Gasteiger charge is 2.34. The number of rotatable bonds is 39. The molecule has 14 heteroatoms. The summed E-state index contributed by atoms with van der Waals surface area (Å²) in [6.07, 6.45) is 27.4. The van der Waals surface area contributed by atoms with Crippen LogP contribution in [0, 0.1) is 5.92 Å². The Kier molecular flexibility index (Phi) is 30.4. The van der Waals surface area contributed by atoms with Crippen molar-refractivity contribution in [1.82, 2.24) is 31.7 Å². The van der Waals surface area contributed by atoms with E-state index >= 15 is 0 Å². The Balaban J connectivity index is 1.96. The van der Waals surface area contributed by atoms with Gasteiger partial charge < -0.3 is 36.1 Å². The first-order chi connectivity index (χ1) is 27.5. The zero-order valence-electron chi connectivity index (χ0n) is 35.7. The van der Waals surface area contributed by atoms with Crippen molar-refractivity contribution in [2.75, 3.05) is 39.5 Å². The normalized spacial score (nSPS) is 12.6. The molecule has 14 nitrogen and oxygen atoms in total. The highest BCUT2D eigenvalue weighted by Crippen LogP contribution is 2.19. The lowest BCUT2D eigenvalue weighted by molar-refractivity contribution is -0.134. The maximum Gasteiger partial charge on any atom is 0.245 e. The Morgan fingerprint density at radius 3 is 1.88 bits per heavy atom. The highest BCUT2D eigenvalue weighted by atomic mass is 16.5. The summed E-state index contributed by atoms with van der Waals surface area (Å²) in [5.74, 6) is -2.50. The Labute approximate surface area is 343 Å².